The highest BCUT2D eigenvalue weighted by Crippen LogP contribution is 2.40. The maximum atomic E-state index is 12.8. The van der Waals surface area contributed by atoms with E-state index in [1.807, 2.05) is 25.1 Å². The van der Waals surface area contributed by atoms with E-state index in [-0.39, 0.29) is 30.2 Å². The minimum absolute atomic E-state index is 0.119. The maximum Gasteiger partial charge on any atom is 0.233 e. The Hall–Kier alpha value is -1.67. The fourth-order valence-electron chi connectivity index (χ4n) is 5.21. The molecule has 1 aliphatic carbocycles. The van der Waals surface area contributed by atoms with Crippen molar-refractivity contribution in [3.63, 3.8) is 0 Å². The number of ether oxygens (including phenoxy) is 1. The average molecular weight is 450 g/mol. The standard InChI is InChI=1S/C23H32ClN3O4/c1-2-31-21-7-4-3-6-15(21)19-14-25-8-11-26(19)9-5-10-27-22(29)16-12-18(24)20(28)13-17(16)23(27)30/h3-4,6-7,16-20,25,28H,2,5,8-14H2,1H3. The van der Waals surface area contributed by atoms with Crippen LogP contribution in [0.15, 0.2) is 24.3 Å². The van der Waals surface area contributed by atoms with Crippen LogP contribution in [0.1, 0.15) is 37.8 Å². The molecule has 2 N–H and O–H groups in total. The smallest absolute Gasteiger partial charge is 0.233 e. The van der Waals surface area contributed by atoms with Gasteiger partial charge in [-0.2, -0.15) is 0 Å². The molecule has 1 aromatic carbocycles. The lowest BCUT2D eigenvalue weighted by Crippen LogP contribution is -2.47. The van der Waals surface area contributed by atoms with Gasteiger partial charge >= 0.3 is 0 Å². The Morgan fingerprint density at radius 3 is 2.68 bits per heavy atom. The van der Waals surface area contributed by atoms with Crippen molar-refractivity contribution in [3.05, 3.63) is 29.8 Å². The zero-order valence-electron chi connectivity index (χ0n) is 18.0. The number of piperazine rings is 1. The van der Waals surface area contributed by atoms with Gasteiger partial charge in [-0.05, 0) is 32.3 Å². The minimum Gasteiger partial charge on any atom is -0.494 e. The molecular weight excluding hydrogens is 418 g/mol. The van der Waals surface area contributed by atoms with Crippen LogP contribution < -0.4 is 10.1 Å². The second-order valence-corrected chi connectivity index (χ2v) is 9.24. The van der Waals surface area contributed by atoms with Crippen LogP contribution in [-0.4, -0.2) is 77.5 Å². The molecule has 5 unspecified atom stereocenters. The fraction of sp³-hybridized carbons (Fsp3) is 0.652. The van der Waals surface area contributed by atoms with E-state index in [4.69, 9.17) is 16.3 Å². The van der Waals surface area contributed by atoms with Gasteiger partial charge in [0.1, 0.15) is 5.75 Å². The van der Waals surface area contributed by atoms with Gasteiger partial charge in [-0.25, -0.2) is 0 Å². The molecule has 2 heterocycles. The second kappa shape index (κ2) is 9.86. The number of halogens is 1. The summed E-state index contributed by atoms with van der Waals surface area (Å²) in [5.41, 5.74) is 1.16. The van der Waals surface area contributed by atoms with Crippen LogP contribution in [0.3, 0.4) is 0 Å². The predicted octanol–water partition coefficient (Wildman–Crippen LogP) is 1.78. The number of hydrogen-bond donors (Lipinski definition) is 2. The first kappa shape index (κ1) is 22.5. The summed E-state index contributed by atoms with van der Waals surface area (Å²) in [6.07, 6.45) is 0.666. The molecule has 2 saturated heterocycles. The summed E-state index contributed by atoms with van der Waals surface area (Å²) in [4.78, 5) is 29.4. The number of fused-ring (bicyclic) bond motifs is 1. The zero-order chi connectivity index (χ0) is 22.0. The molecule has 170 valence electrons. The minimum atomic E-state index is -0.716. The number of aliphatic hydroxyl groups is 1. The Bertz CT molecular complexity index is 779. The molecule has 3 fully saturated rings. The summed E-state index contributed by atoms with van der Waals surface area (Å²) >= 11 is 6.15. The van der Waals surface area contributed by atoms with E-state index >= 15 is 0 Å². The summed E-state index contributed by atoms with van der Waals surface area (Å²) in [7, 11) is 0. The number of carbonyl (C=O) groups excluding carboxylic acids is 2. The zero-order valence-corrected chi connectivity index (χ0v) is 18.8. The topological polar surface area (TPSA) is 82.1 Å². The first-order chi connectivity index (χ1) is 15.0. The number of benzene rings is 1. The Morgan fingerprint density at radius 1 is 1.16 bits per heavy atom. The number of rotatable bonds is 7. The molecule has 0 aromatic heterocycles. The van der Waals surface area contributed by atoms with E-state index < -0.39 is 17.4 Å². The summed E-state index contributed by atoms with van der Waals surface area (Å²) < 4.78 is 5.84. The molecular formula is C23H32ClN3O4. The van der Waals surface area contributed by atoms with Crippen LogP contribution in [0.4, 0.5) is 0 Å². The monoisotopic (exact) mass is 449 g/mol. The molecule has 5 atom stereocenters. The molecule has 1 aromatic rings. The molecule has 31 heavy (non-hydrogen) atoms. The molecule has 2 amide bonds. The van der Waals surface area contributed by atoms with E-state index in [2.05, 4.69) is 16.3 Å². The summed E-state index contributed by atoms with van der Waals surface area (Å²) in [6, 6.07) is 8.33. The lowest BCUT2D eigenvalue weighted by atomic mass is 9.79. The van der Waals surface area contributed by atoms with E-state index in [0.29, 0.717) is 19.6 Å². The molecule has 7 nitrogen and oxygen atoms in total. The van der Waals surface area contributed by atoms with E-state index in [1.54, 1.807) is 0 Å². The van der Waals surface area contributed by atoms with Crippen molar-refractivity contribution in [2.24, 2.45) is 11.8 Å². The molecule has 2 aliphatic heterocycles. The number of aliphatic hydroxyl groups excluding tert-OH is 1. The van der Waals surface area contributed by atoms with Gasteiger partial charge in [0.05, 0.1) is 36.0 Å². The molecule has 8 heteroatoms. The van der Waals surface area contributed by atoms with Crippen LogP contribution >= 0.6 is 11.6 Å². The van der Waals surface area contributed by atoms with Crippen molar-refractivity contribution in [2.75, 3.05) is 39.3 Å². The van der Waals surface area contributed by atoms with Gasteiger partial charge in [0.2, 0.25) is 11.8 Å². The quantitative estimate of drug-likeness (QED) is 0.488. The largest absolute Gasteiger partial charge is 0.494 e. The van der Waals surface area contributed by atoms with Crippen molar-refractivity contribution in [1.29, 1.82) is 0 Å². The number of imide groups is 1. The highest BCUT2D eigenvalue weighted by molar-refractivity contribution is 6.21. The number of hydrogen-bond acceptors (Lipinski definition) is 6. The fourth-order valence-corrected chi connectivity index (χ4v) is 5.50. The highest BCUT2D eigenvalue weighted by atomic mass is 35.5. The third-order valence-corrected chi connectivity index (χ3v) is 7.27. The van der Waals surface area contributed by atoms with Gasteiger partial charge in [0.15, 0.2) is 0 Å². The lowest BCUT2D eigenvalue weighted by molar-refractivity contribution is -0.140. The third kappa shape index (κ3) is 4.60. The van der Waals surface area contributed by atoms with Crippen molar-refractivity contribution < 1.29 is 19.4 Å². The predicted molar refractivity (Wildman–Crippen MR) is 118 cm³/mol. The summed E-state index contributed by atoms with van der Waals surface area (Å²) in [5.74, 6) is -0.139. The number of likely N-dealkylation sites (tertiary alicyclic amines) is 1. The number of nitrogens with zero attached hydrogens (tertiary/aromatic N) is 2. The third-order valence-electron chi connectivity index (χ3n) is 6.80. The van der Waals surface area contributed by atoms with Gasteiger partial charge in [0, 0.05) is 38.3 Å². The van der Waals surface area contributed by atoms with E-state index in [9.17, 15) is 14.7 Å². The Kier molecular flexibility index (Phi) is 7.16. The van der Waals surface area contributed by atoms with Crippen molar-refractivity contribution >= 4 is 23.4 Å². The number of para-hydroxylation sites is 1. The first-order valence-electron chi connectivity index (χ1n) is 11.3. The van der Waals surface area contributed by atoms with Crippen LogP contribution in [0.5, 0.6) is 5.75 Å². The molecule has 3 aliphatic rings. The average Bonchev–Trinajstić information content (AvgIpc) is 2.99. The van der Waals surface area contributed by atoms with Crippen LogP contribution in [0.2, 0.25) is 0 Å². The second-order valence-electron chi connectivity index (χ2n) is 8.68. The van der Waals surface area contributed by atoms with Crippen LogP contribution in [0.25, 0.3) is 0 Å². The van der Waals surface area contributed by atoms with E-state index in [0.717, 1.165) is 43.9 Å². The van der Waals surface area contributed by atoms with Gasteiger partial charge in [-0.15, -0.1) is 11.6 Å². The Balaban J connectivity index is 1.38. The molecule has 1 saturated carbocycles. The molecule has 0 radical (unpaired) electrons. The van der Waals surface area contributed by atoms with Crippen LogP contribution in [0, 0.1) is 11.8 Å². The van der Waals surface area contributed by atoms with E-state index in [1.165, 1.54) is 4.90 Å². The molecule has 0 spiro atoms. The van der Waals surface area contributed by atoms with Crippen molar-refractivity contribution in [1.82, 2.24) is 15.1 Å². The van der Waals surface area contributed by atoms with Crippen molar-refractivity contribution in [3.8, 4) is 5.75 Å². The number of amides is 2. The number of nitrogens with one attached hydrogen (secondary N) is 1. The highest BCUT2D eigenvalue weighted by Gasteiger charge is 2.51. The normalized spacial score (nSPS) is 31.7. The van der Waals surface area contributed by atoms with Crippen molar-refractivity contribution in [2.45, 2.75) is 43.7 Å². The van der Waals surface area contributed by atoms with Gasteiger partial charge in [0.25, 0.3) is 0 Å². The number of alkyl halides is 1. The Labute approximate surface area is 188 Å². The number of carbonyl (C=O) groups is 2. The first-order valence-corrected chi connectivity index (χ1v) is 11.8. The van der Waals surface area contributed by atoms with Gasteiger partial charge < -0.3 is 15.2 Å². The Morgan fingerprint density at radius 2 is 1.90 bits per heavy atom. The van der Waals surface area contributed by atoms with Crippen LogP contribution in [-0.2, 0) is 9.59 Å². The summed E-state index contributed by atoms with van der Waals surface area (Å²) in [6.45, 7) is 6.46. The maximum absolute atomic E-state index is 12.8. The molecule has 0 bridgehead atoms. The SMILES string of the molecule is CCOc1ccccc1C1CNCCN1CCCN1C(=O)C2CC(O)C(Cl)CC2C1=O. The molecule has 4 rings (SSSR count). The summed E-state index contributed by atoms with van der Waals surface area (Å²) in [5, 5.41) is 13.0. The van der Waals surface area contributed by atoms with Gasteiger partial charge in [-0.1, -0.05) is 18.2 Å². The lowest BCUT2D eigenvalue weighted by Gasteiger charge is -2.37. The van der Waals surface area contributed by atoms with Gasteiger partial charge in [-0.3, -0.25) is 19.4 Å².